The molecular formula is C32H34Cl2N2O6S. The number of carboxylic acids is 1. The molecule has 2 fully saturated rings. The number of morpholine rings is 1. The standard InChI is InChI=1S/C32H34Cl2N2O6S/c1-20(2)26(19-35-43(40,41)32(15-16-32)23-8-4-3-5-9-23)36-29(21-11-13-24(33)14-12-21)30(22-7-6-10-25(34)17-22)42-27(31(36)39)18-28(37)38/h3-14,17,20,26-27,29-30,35H,15-16,18-19H2,1-2H3,(H,37,38)/t26-,27-,29-,30-/m1/s1. The summed E-state index contributed by atoms with van der Waals surface area (Å²) >= 11 is 12.6. The molecule has 5 rings (SSSR count). The van der Waals surface area contributed by atoms with Crippen LogP contribution < -0.4 is 4.72 Å². The average Bonchev–Trinajstić information content (AvgIpc) is 3.78. The summed E-state index contributed by atoms with van der Waals surface area (Å²) in [4.78, 5) is 27.6. The minimum Gasteiger partial charge on any atom is -0.481 e. The summed E-state index contributed by atoms with van der Waals surface area (Å²) in [5, 5.41) is 10.6. The van der Waals surface area contributed by atoms with Crippen molar-refractivity contribution in [2.45, 2.75) is 62.1 Å². The smallest absolute Gasteiger partial charge is 0.306 e. The summed E-state index contributed by atoms with van der Waals surface area (Å²) < 4.78 is 35.7. The molecule has 1 saturated heterocycles. The van der Waals surface area contributed by atoms with E-state index in [1.165, 1.54) is 0 Å². The number of hydrogen-bond donors (Lipinski definition) is 2. The van der Waals surface area contributed by atoms with Gasteiger partial charge in [-0.25, -0.2) is 13.1 Å². The van der Waals surface area contributed by atoms with Crippen LogP contribution in [0.25, 0.3) is 0 Å². The van der Waals surface area contributed by atoms with Crippen LogP contribution in [0.3, 0.4) is 0 Å². The maximum Gasteiger partial charge on any atom is 0.306 e. The molecule has 0 spiro atoms. The van der Waals surface area contributed by atoms with Crippen molar-refractivity contribution >= 4 is 45.1 Å². The third-order valence-electron chi connectivity index (χ3n) is 8.30. The molecule has 0 unspecified atom stereocenters. The number of nitrogens with zero attached hydrogens (tertiary/aromatic N) is 1. The molecule has 1 amide bonds. The van der Waals surface area contributed by atoms with Crippen LogP contribution >= 0.6 is 23.2 Å². The first-order valence-electron chi connectivity index (χ1n) is 14.2. The van der Waals surface area contributed by atoms with E-state index in [0.717, 1.165) is 5.56 Å². The lowest BCUT2D eigenvalue weighted by molar-refractivity contribution is -0.184. The summed E-state index contributed by atoms with van der Waals surface area (Å²) in [6, 6.07) is 21.8. The van der Waals surface area contributed by atoms with Gasteiger partial charge in [-0.1, -0.05) is 91.6 Å². The molecule has 4 atom stereocenters. The van der Waals surface area contributed by atoms with Crippen LogP contribution in [-0.2, 0) is 29.1 Å². The Labute approximate surface area is 262 Å². The van der Waals surface area contributed by atoms with Crippen molar-refractivity contribution in [1.29, 1.82) is 0 Å². The van der Waals surface area contributed by atoms with Gasteiger partial charge >= 0.3 is 5.97 Å². The van der Waals surface area contributed by atoms with E-state index in [4.69, 9.17) is 27.9 Å². The summed E-state index contributed by atoms with van der Waals surface area (Å²) in [6.45, 7) is 3.75. The minimum absolute atomic E-state index is 0.0630. The molecule has 228 valence electrons. The van der Waals surface area contributed by atoms with Gasteiger partial charge in [-0.05, 0) is 59.7 Å². The molecule has 2 N–H and O–H groups in total. The molecule has 8 nitrogen and oxygen atoms in total. The first-order chi connectivity index (χ1) is 20.4. The number of amides is 1. The van der Waals surface area contributed by atoms with E-state index >= 15 is 0 Å². The number of halogens is 2. The fourth-order valence-corrected chi connectivity index (χ4v) is 8.00. The van der Waals surface area contributed by atoms with Gasteiger partial charge < -0.3 is 14.7 Å². The summed E-state index contributed by atoms with van der Waals surface area (Å²) in [7, 11) is -3.83. The van der Waals surface area contributed by atoms with Gasteiger partial charge in [0, 0.05) is 22.6 Å². The second-order valence-corrected chi connectivity index (χ2v) is 14.4. The molecule has 0 radical (unpaired) electrons. The van der Waals surface area contributed by atoms with E-state index < -0.39 is 57.4 Å². The highest BCUT2D eigenvalue weighted by Gasteiger charge is 2.56. The van der Waals surface area contributed by atoms with Crippen LogP contribution in [0.1, 0.15) is 61.9 Å². The van der Waals surface area contributed by atoms with Gasteiger partial charge in [0.1, 0.15) is 17.0 Å². The molecule has 1 heterocycles. The molecule has 11 heteroatoms. The number of carbonyl (C=O) groups excluding carboxylic acids is 1. The van der Waals surface area contributed by atoms with Crippen molar-refractivity contribution < 1.29 is 27.9 Å². The lowest BCUT2D eigenvalue weighted by Gasteiger charge is -2.49. The van der Waals surface area contributed by atoms with Gasteiger partial charge in [0.25, 0.3) is 5.91 Å². The van der Waals surface area contributed by atoms with Crippen molar-refractivity contribution in [2.24, 2.45) is 5.92 Å². The number of carbonyl (C=O) groups is 2. The Kier molecular flexibility index (Phi) is 9.20. The Morgan fingerprint density at radius 2 is 1.67 bits per heavy atom. The van der Waals surface area contributed by atoms with Crippen molar-refractivity contribution in [3.05, 3.63) is 106 Å². The average molecular weight is 646 g/mol. The lowest BCUT2D eigenvalue weighted by Crippen LogP contribution is -2.59. The van der Waals surface area contributed by atoms with E-state index in [0.29, 0.717) is 34.0 Å². The van der Waals surface area contributed by atoms with Crippen LogP contribution in [0.4, 0.5) is 0 Å². The molecule has 3 aromatic rings. The Morgan fingerprint density at radius 3 is 2.26 bits per heavy atom. The highest BCUT2D eigenvalue weighted by Crippen LogP contribution is 2.52. The Morgan fingerprint density at radius 1 is 1.00 bits per heavy atom. The molecular weight excluding hydrogens is 611 g/mol. The van der Waals surface area contributed by atoms with Gasteiger partial charge in [-0.2, -0.15) is 0 Å². The van der Waals surface area contributed by atoms with Gasteiger partial charge in [0.2, 0.25) is 10.0 Å². The summed E-state index contributed by atoms with van der Waals surface area (Å²) in [5.41, 5.74) is 2.09. The first-order valence-corrected chi connectivity index (χ1v) is 16.4. The second kappa shape index (κ2) is 12.6. The topological polar surface area (TPSA) is 113 Å². The number of carboxylic acid groups (broad SMARTS) is 1. The molecule has 1 aliphatic heterocycles. The number of nitrogens with one attached hydrogen (secondary N) is 1. The van der Waals surface area contributed by atoms with E-state index in [1.807, 2.05) is 50.2 Å². The van der Waals surface area contributed by atoms with Gasteiger partial charge in [0.05, 0.1) is 12.5 Å². The van der Waals surface area contributed by atoms with Crippen molar-refractivity contribution in [3.8, 4) is 0 Å². The van der Waals surface area contributed by atoms with E-state index in [2.05, 4.69) is 4.72 Å². The number of benzene rings is 3. The monoisotopic (exact) mass is 644 g/mol. The second-order valence-electron chi connectivity index (χ2n) is 11.5. The molecule has 2 aliphatic rings. The first kappa shape index (κ1) is 31.5. The fourth-order valence-electron chi connectivity index (χ4n) is 5.92. The third kappa shape index (κ3) is 6.47. The zero-order chi connectivity index (χ0) is 30.9. The van der Waals surface area contributed by atoms with Gasteiger partial charge in [-0.15, -0.1) is 0 Å². The number of hydrogen-bond acceptors (Lipinski definition) is 5. The normalized spacial score (nSPS) is 22.4. The minimum atomic E-state index is -3.83. The largest absolute Gasteiger partial charge is 0.481 e. The van der Waals surface area contributed by atoms with Crippen LogP contribution in [0, 0.1) is 5.92 Å². The molecule has 1 saturated carbocycles. The Balaban J connectivity index is 1.57. The Hall–Kier alpha value is -2.95. The van der Waals surface area contributed by atoms with Crippen LogP contribution in [0.5, 0.6) is 0 Å². The van der Waals surface area contributed by atoms with Gasteiger partial charge in [0.15, 0.2) is 0 Å². The third-order valence-corrected chi connectivity index (χ3v) is 11.0. The van der Waals surface area contributed by atoms with Crippen LogP contribution in [-0.4, -0.2) is 49.0 Å². The quantitative estimate of drug-likeness (QED) is 0.260. The zero-order valence-corrected chi connectivity index (χ0v) is 26.1. The summed E-state index contributed by atoms with van der Waals surface area (Å²) in [5.74, 6) is -1.92. The van der Waals surface area contributed by atoms with Crippen LogP contribution in [0.15, 0.2) is 78.9 Å². The van der Waals surface area contributed by atoms with E-state index in [1.54, 1.807) is 47.4 Å². The summed E-state index contributed by atoms with van der Waals surface area (Å²) in [6.07, 6.45) is -1.63. The Bertz CT molecular complexity index is 1580. The van der Waals surface area contributed by atoms with E-state index in [-0.39, 0.29) is 12.5 Å². The van der Waals surface area contributed by atoms with Crippen molar-refractivity contribution in [3.63, 3.8) is 0 Å². The number of rotatable bonds is 11. The highest BCUT2D eigenvalue weighted by atomic mass is 35.5. The molecule has 3 aromatic carbocycles. The highest BCUT2D eigenvalue weighted by molar-refractivity contribution is 7.90. The number of aliphatic carboxylic acids is 1. The molecule has 43 heavy (non-hydrogen) atoms. The maximum absolute atomic E-state index is 14.2. The zero-order valence-electron chi connectivity index (χ0n) is 23.8. The maximum atomic E-state index is 14.2. The van der Waals surface area contributed by atoms with Crippen molar-refractivity contribution in [2.75, 3.05) is 6.54 Å². The number of ether oxygens (including phenoxy) is 1. The SMILES string of the molecule is CC(C)[C@@H](CNS(=O)(=O)C1(c2ccccc2)CC1)N1C(=O)[C@@H](CC(=O)O)O[C@H](c2cccc(Cl)c2)[C@H]1c1ccc(Cl)cc1. The number of sulfonamides is 1. The molecule has 1 aliphatic carbocycles. The fraction of sp³-hybridized carbons (Fsp3) is 0.375. The predicted molar refractivity (Wildman–Crippen MR) is 165 cm³/mol. The lowest BCUT2D eigenvalue weighted by atomic mass is 9.88. The molecule has 0 bridgehead atoms. The van der Waals surface area contributed by atoms with Crippen molar-refractivity contribution in [1.82, 2.24) is 9.62 Å². The van der Waals surface area contributed by atoms with Crippen LogP contribution in [0.2, 0.25) is 10.0 Å². The molecule has 0 aromatic heterocycles. The predicted octanol–water partition coefficient (Wildman–Crippen LogP) is 6.11. The van der Waals surface area contributed by atoms with E-state index in [9.17, 15) is 23.1 Å². The van der Waals surface area contributed by atoms with Gasteiger partial charge in [-0.3, -0.25) is 9.59 Å².